The first-order valence-electron chi connectivity index (χ1n) is 15.7. The number of furan rings is 1. The number of benzene rings is 6. The molecule has 46 heavy (non-hydrogen) atoms. The van der Waals surface area contributed by atoms with Gasteiger partial charge in [-0.1, -0.05) is 146 Å². The van der Waals surface area contributed by atoms with E-state index in [-0.39, 0.29) is 0 Å². The summed E-state index contributed by atoms with van der Waals surface area (Å²) in [5, 5.41) is 1.14. The van der Waals surface area contributed by atoms with Crippen molar-refractivity contribution < 1.29 is 4.42 Å². The molecule has 0 radical (unpaired) electrons. The molecule has 0 bridgehead atoms. The van der Waals surface area contributed by atoms with Crippen LogP contribution in [0.5, 0.6) is 0 Å². The van der Waals surface area contributed by atoms with Crippen LogP contribution in [0, 0.1) is 0 Å². The Morgan fingerprint density at radius 1 is 0.435 bits per heavy atom. The molecule has 10 rings (SSSR count). The van der Waals surface area contributed by atoms with E-state index < -0.39 is 5.41 Å². The van der Waals surface area contributed by atoms with Gasteiger partial charge in [0.05, 0.1) is 16.8 Å². The largest absolute Gasteiger partial charge is 0.456 e. The van der Waals surface area contributed by atoms with E-state index in [1.54, 1.807) is 0 Å². The third kappa shape index (κ3) is 3.32. The molecule has 0 fully saturated rings. The minimum absolute atomic E-state index is 0.578. The van der Waals surface area contributed by atoms with Crippen LogP contribution in [-0.2, 0) is 5.41 Å². The Hall–Kier alpha value is -6.06. The lowest BCUT2D eigenvalue weighted by Crippen LogP contribution is -2.26. The highest BCUT2D eigenvalue weighted by molar-refractivity contribution is 6.04. The maximum atomic E-state index is 6.80. The van der Waals surface area contributed by atoms with Crippen LogP contribution < -0.4 is 0 Å². The molecule has 2 heterocycles. The zero-order valence-corrected chi connectivity index (χ0v) is 24.8. The molecule has 2 aliphatic rings. The van der Waals surface area contributed by atoms with Gasteiger partial charge in [0.15, 0.2) is 5.82 Å². The van der Waals surface area contributed by atoms with Crippen LogP contribution in [0.1, 0.15) is 22.3 Å². The average molecular weight is 587 g/mol. The third-order valence-electron chi connectivity index (χ3n) is 9.71. The number of hydrogen-bond donors (Lipinski definition) is 0. The number of rotatable bonds is 3. The molecular formula is C43H26N2O. The number of para-hydroxylation sites is 1. The van der Waals surface area contributed by atoms with Gasteiger partial charge in [0.1, 0.15) is 11.3 Å². The Kier molecular flexibility index (Phi) is 5.20. The molecule has 0 N–H and O–H groups in total. The van der Waals surface area contributed by atoms with Gasteiger partial charge < -0.3 is 4.42 Å². The summed E-state index contributed by atoms with van der Waals surface area (Å²) in [5.74, 6) is 1.64. The summed E-state index contributed by atoms with van der Waals surface area (Å²) >= 11 is 0. The topological polar surface area (TPSA) is 38.9 Å². The van der Waals surface area contributed by atoms with Gasteiger partial charge in [-0.2, -0.15) is 0 Å². The van der Waals surface area contributed by atoms with Crippen LogP contribution in [-0.4, -0.2) is 9.97 Å². The molecule has 2 aromatic heterocycles. The van der Waals surface area contributed by atoms with Gasteiger partial charge in [0, 0.05) is 33.2 Å². The summed E-state index contributed by atoms with van der Waals surface area (Å²) < 4.78 is 6.80. The molecule has 214 valence electrons. The SMILES string of the molecule is c1ccc(-c2cc(-c3cccc4c3C3(c5ccccc5-c5ccccc53)c3c-4oc4ccccc34)nc(-c3ccccc3)n2)cc1. The van der Waals surface area contributed by atoms with Crippen molar-refractivity contribution in [2.45, 2.75) is 5.41 Å². The van der Waals surface area contributed by atoms with Crippen molar-refractivity contribution in [1.29, 1.82) is 0 Å². The highest BCUT2D eigenvalue weighted by atomic mass is 16.3. The molecule has 3 nitrogen and oxygen atoms in total. The zero-order chi connectivity index (χ0) is 30.2. The average Bonchev–Trinajstić information content (AvgIpc) is 3.76. The molecule has 0 saturated heterocycles. The van der Waals surface area contributed by atoms with Crippen molar-refractivity contribution in [3.63, 3.8) is 0 Å². The fraction of sp³-hybridized carbons (Fsp3) is 0.0233. The Morgan fingerprint density at radius 3 is 1.74 bits per heavy atom. The van der Waals surface area contributed by atoms with Crippen LogP contribution in [0.2, 0.25) is 0 Å². The molecule has 0 saturated carbocycles. The summed E-state index contributed by atoms with van der Waals surface area (Å²) in [6.07, 6.45) is 0. The standard InChI is InChI=1S/C43H26N2O/c1-3-14-27(15-4-1)36-26-37(45-42(44-36)28-16-5-2-6-17-28)31-21-13-22-33-39(31)43(40-32-20-9-12-25-38(32)46-41(33)40)34-23-10-7-18-29(34)30-19-8-11-24-35(30)43/h1-26H. The van der Waals surface area contributed by atoms with Crippen molar-refractivity contribution in [2.24, 2.45) is 0 Å². The molecule has 1 spiro atoms. The van der Waals surface area contributed by atoms with Gasteiger partial charge in [-0.15, -0.1) is 0 Å². The van der Waals surface area contributed by atoms with Gasteiger partial charge in [-0.3, -0.25) is 0 Å². The first kappa shape index (κ1) is 25.3. The number of fused-ring (bicyclic) bond motifs is 12. The summed E-state index contributed by atoms with van der Waals surface area (Å²) in [6, 6.07) is 55.6. The van der Waals surface area contributed by atoms with Crippen LogP contribution in [0.15, 0.2) is 162 Å². The van der Waals surface area contributed by atoms with E-state index >= 15 is 0 Å². The van der Waals surface area contributed by atoms with Crippen LogP contribution in [0.4, 0.5) is 0 Å². The monoisotopic (exact) mass is 586 g/mol. The zero-order valence-electron chi connectivity index (χ0n) is 24.8. The predicted molar refractivity (Wildman–Crippen MR) is 184 cm³/mol. The van der Waals surface area contributed by atoms with Gasteiger partial charge >= 0.3 is 0 Å². The fourth-order valence-electron chi connectivity index (χ4n) is 7.92. The summed E-state index contributed by atoms with van der Waals surface area (Å²) in [7, 11) is 0. The van der Waals surface area contributed by atoms with Crippen LogP contribution in [0.3, 0.4) is 0 Å². The van der Waals surface area contributed by atoms with E-state index in [0.29, 0.717) is 5.82 Å². The lowest BCUT2D eigenvalue weighted by atomic mass is 9.68. The first-order chi connectivity index (χ1) is 22.8. The van der Waals surface area contributed by atoms with E-state index in [4.69, 9.17) is 14.4 Å². The molecule has 8 aromatic rings. The van der Waals surface area contributed by atoms with Crippen molar-refractivity contribution >= 4 is 11.0 Å². The van der Waals surface area contributed by atoms with E-state index in [1.807, 2.05) is 24.3 Å². The highest BCUT2D eigenvalue weighted by Gasteiger charge is 2.55. The van der Waals surface area contributed by atoms with E-state index in [0.717, 1.165) is 50.4 Å². The summed E-state index contributed by atoms with van der Waals surface area (Å²) in [4.78, 5) is 10.4. The number of nitrogens with zero attached hydrogens (tertiary/aromatic N) is 2. The van der Waals surface area contributed by atoms with Crippen molar-refractivity contribution in [1.82, 2.24) is 9.97 Å². The van der Waals surface area contributed by atoms with Crippen molar-refractivity contribution in [3.8, 4) is 56.4 Å². The van der Waals surface area contributed by atoms with Gasteiger partial charge in [-0.05, 0) is 39.9 Å². The van der Waals surface area contributed by atoms with Crippen LogP contribution in [0.25, 0.3) is 67.3 Å². The number of hydrogen-bond acceptors (Lipinski definition) is 3. The third-order valence-corrected chi connectivity index (χ3v) is 9.71. The summed E-state index contributed by atoms with van der Waals surface area (Å²) in [5.41, 5.74) is 13.8. The fourth-order valence-corrected chi connectivity index (χ4v) is 7.92. The first-order valence-corrected chi connectivity index (χ1v) is 15.7. The van der Waals surface area contributed by atoms with Crippen molar-refractivity contribution in [2.75, 3.05) is 0 Å². The quantitative estimate of drug-likeness (QED) is 0.207. The smallest absolute Gasteiger partial charge is 0.160 e. The molecule has 0 atom stereocenters. The lowest BCUT2D eigenvalue weighted by molar-refractivity contribution is 0.628. The second kappa shape index (κ2) is 9.47. The Morgan fingerprint density at radius 2 is 1.00 bits per heavy atom. The molecule has 3 heteroatoms. The Bertz CT molecular complexity index is 2370. The Balaban J connectivity index is 1.35. The molecule has 0 unspecified atom stereocenters. The van der Waals surface area contributed by atoms with Crippen molar-refractivity contribution in [3.05, 3.63) is 180 Å². The normalized spacial score (nSPS) is 13.4. The maximum absolute atomic E-state index is 6.80. The van der Waals surface area contributed by atoms with Gasteiger partial charge in [0.25, 0.3) is 0 Å². The van der Waals surface area contributed by atoms with Gasteiger partial charge in [-0.25, -0.2) is 9.97 Å². The summed E-state index contributed by atoms with van der Waals surface area (Å²) in [6.45, 7) is 0. The second-order valence-electron chi connectivity index (χ2n) is 12.1. The molecular weight excluding hydrogens is 560 g/mol. The molecule has 0 amide bonds. The minimum atomic E-state index is -0.578. The number of aromatic nitrogens is 2. The minimum Gasteiger partial charge on any atom is -0.456 e. The van der Waals surface area contributed by atoms with E-state index in [1.165, 1.54) is 33.4 Å². The molecule has 0 aliphatic heterocycles. The maximum Gasteiger partial charge on any atom is 0.160 e. The highest BCUT2D eigenvalue weighted by Crippen LogP contribution is 2.66. The predicted octanol–water partition coefficient (Wildman–Crippen LogP) is 10.6. The Labute approximate surface area is 266 Å². The lowest BCUT2D eigenvalue weighted by Gasteiger charge is -2.31. The van der Waals surface area contributed by atoms with Gasteiger partial charge in [0.2, 0.25) is 0 Å². The van der Waals surface area contributed by atoms with E-state index in [9.17, 15) is 0 Å². The second-order valence-corrected chi connectivity index (χ2v) is 12.1. The van der Waals surface area contributed by atoms with E-state index in [2.05, 4.69) is 133 Å². The molecule has 6 aromatic carbocycles. The van der Waals surface area contributed by atoms with Crippen LogP contribution >= 0.6 is 0 Å². The molecule has 2 aliphatic carbocycles.